The van der Waals surface area contributed by atoms with Crippen LogP contribution < -0.4 is 5.32 Å². The number of halogens is 2. The van der Waals surface area contributed by atoms with E-state index in [1.54, 1.807) is 12.1 Å². The van der Waals surface area contributed by atoms with Gasteiger partial charge >= 0.3 is 6.03 Å². The minimum atomic E-state index is -0.110. The first-order valence-electron chi connectivity index (χ1n) is 8.15. The monoisotopic (exact) mass is 425 g/mol. The molecule has 0 aliphatic carbocycles. The molecule has 8 heteroatoms. The summed E-state index contributed by atoms with van der Waals surface area (Å²) in [4.78, 5) is 16.6. The van der Waals surface area contributed by atoms with Crippen LogP contribution in [-0.2, 0) is 13.6 Å². The second-order valence-electron chi connectivity index (χ2n) is 6.20. The minimum Gasteiger partial charge on any atom is -0.322 e. The number of hydrogen-bond donors (Lipinski definition) is 1. The highest BCUT2D eigenvalue weighted by atomic mass is 79.9. The van der Waals surface area contributed by atoms with Crippen molar-refractivity contribution in [1.82, 2.24) is 19.6 Å². The van der Waals surface area contributed by atoms with Crippen LogP contribution in [0.2, 0.25) is 5.02 Å². The molecular weight excluding hydrogens is 406 g/mol. The van der Waals surface area contributed by atoms with Crippen LogP contribution in [-0.4, -0.2) is 51.8 Å². The van der Waals surface area contributed by atoms with Gasteiger partial charge in [-0.1, -0.05) is 27.5 Å². The molecular formula is C17H21BrClN5O. The average Bonchev–Trinajstić information content (AvgIpc) is 2.90. The summed E-state index contributed by atoms with van der Waals surface area (Å²) in [6.07, 6.45) is 1.92. The zero-order valence-electron chi connectivity index (χ0n) is 14.3. The van der Waals surface area contributed by atoms with Gasteiger partial charge in [0.2, 0.25) is 0 Å². The SMILES string of the molecule is Cc1c(CN2CCN(C(=O)Nc3ccc(Br)cc3Cl)CC2)cnn1C. The molecule has 0 saturated carbocycles. The summed E-state index contributed by atoms with van der Waals surface area (Å²) in [7, 11) is 1.95. The van der Waals surface area contributed by atoms with Gasteiger partial charge in [-0.2, -0.15) is 5.10 Å². The van der Waals surface area contributed by atoms with E-state index in [1.165, 1.54) is 11.3 Å². The van der Waals surface area contributed by atoms with Crippen LogP contribution >= 0.6 is 27.5 Å². The Balaban J connectivity index is 1.53. The predicted molar refractivity (Wildman–Crippen MR) is 103 cm³/mol. The molecule has 1 N–H and O–H groups in total. The van der Waals surface area contributed by atoms with Crippen molar-refractivity contribution >= 4 is 39.2 Å². The highest BCUT2D eigenvalue weighted by Crippen LogP contribution is 2.26. The second kappa shape index (κ2) is 7.76. The number of piperazine rings is 1. The molecule has 1 aliphatic rings. The lowest BCUT2D eigenvalue weighted by Crippen LogP contribution is -2.49. The number of nitrogens with zero attached hydrogens (tertiary/aromatic N) is 4. The lowest BCUT2D eigenvalue weighted by molar-refractivity contribution is 0.143. The molecule has 0 spiro atoms. The molecule has 1 aromatic carbocycles. The number of carbonyl (C=O) groups excluding carboxylic acids is 1. The molecule has 2 aromatic rings. The van der Waals surface area contributed by atoms with Crippen LogP contribution in [0.25, 0.3) is 0 Å². The Bertz CT molecular complexity index is 770. The molecule has 0 atom stereocenters. The van der Waals surface area contributed by atoms with Crippen molar-refractivity contribution in [2.75, 3.05) is 31.5 Å². The van der Waals surface area contributed by atoms with Crippen molar-refractivity contribution in [3.8, 4) is 0 Å². The highest BCUT2D eigenvalue weighted by Gasteiger charge is 2.22. The highest BCUT2D eigenvalue weighted by molar-refractivity contribution is 9.10. The van der Waals surface area contributed by atoms with Crippen LogP contribution in [0.4, 0.5) is 10.5 Å². The maximum Gasteiger partial charge on any atom is 0.321 e. The molecule has 6 nitrogen and oxygen atoms in total. The first-order valence-corrected chi connectivity index (χ1v) is 9.32. The number of nitrogens with one attached hydrogen (secondary N) is 1. The van der Waals surface area contributed by atoms with Crippen molar-refractivity contribution in [1.29, 1.82) is 0 Å². The van der Waals surface area contributed by atoms with E-state index in [0.717, 1.165) is 24.1 Å². The number of amides is 2. The van der Waals surface area contributed by atoms with Crippen molar-refractivity contribution in [2.45, 2.75) is 13.5 Å². The van der Waals surface area contributed by atoms with Gasteiger partial charge in [-0.05, 0) is 25.1 Å². The number of urea groups is 1. The molecule has 0 bridgehead atoms. The number of aryl methyl sites for hydroxylation is 1. The lowest BCUT2D eigenvalue weighted by atomic mass is 10.2. The van der Waals surface area contributed by atoms with Crippen LogP contribution in [0.15, 0.2) is 28.9 Å². The zero-order chi connectivity index (χ0) is 18.0. The number of benzene rings is 1. The summed E-state index contributed by atoms with van der Waals surface area (Å²) >= 11 is 9.52. The third-order valence-electron chi connectivity index (χ3n) is 4.56. The first kappa shape index (κ1) is 18.2. The van der Waals surface area contributed by atoms with Crippen molar-refractivity contribution in [2.24, 2.45) is 7.05 Å². The standard InChI is InChI=1S/C17H21BrClN5O/c1-12-13(10-20-22(12)2)11-23-5-7-24(8-6-23)17(25)21-16-4-3-14(18)9-15(16)19/h3-4,9-10H,5-8,11H2,1-2H3,(H,21,25). The lowest BCUT2D eigenvalue weighted by Gasteiger charge is -2.34. The van der Waals surface area contributed by atoms with Gasteiger partial charge in [-0.25, -0.2) is 4.79 Å². The maximum atomic E-state index is 12.4. The first-order chi connectivity index (χ1) is 11.9. The Morgan fingerprint density at radius 2 is 2.04 bits per heavy atom. The van der Waals surface area contributed by atoms with Crippen LogP contribution in [0.1, 0.15) is 11.3 Å². The average molecular weight is 427 g/mol. The summed E-state index contributed by atoms with van der Waals surface area (Å²) in [6, 6.07) is 5.31. The molecule has 1 saturated heterocycles. The van der Waals surface area contributed by atoms with E-state index in [-0.39, 0.29) is 6.03 Å². The molecule has 0 radical (unpaired) electrons. The maximum absolute atomic E-state index is 12.4. The summed E-state index contributed by atoms with van der Waals surface area (Å²) in [6.45, 7) is 6.02. The quantitative estimate of drug-likeness (QED) is 0.817. The Morgan fingerprint density at radius 1 is 1.32 bits per heavy atom. The minimum absolute atomic E-state index is 0.110. The van der Waals surface area contributed by atoms with Gasteiger partial charge in [0.1, 0.15) is 0 Å². The third kappa shape index (κ3) is 4.34. The molecule has 1 aromatic heterocycles. The predicted octanol–water partition coefficient (Wildman–Crippen LogP) is 3.49. The van der Waals surface area contributed by atoms with Gasteiger partial charge in [0.25, 0.3) is 0 Å². The van der Waals surface area contributed by atoms with Crippen molar-refractivity contribution in [3.05, 3.63) is 45.1 Å². The van der Waals surface area contributed by atoms with E-state index in [9.17, 15) is 4.79 Å². The summed E-state index contributed by atoms with van der Waals surface area (Å²) in [5.74, 6) is 0. The van der Waals surface area contributed by atoms with Gasteiger partial charge in [0, 0.05) is 55.5 Å². The number of rotatable bonds is 3. The van der Waals surface area contributed by atoms with Crippen molar-refractivity contribution < 1.29 is 4.79 Å². The topological polar surface area (TPSA) is 53.4 Å². The Morgan fingerprint density at radius 3 is 2.64 bits per heavy atom. The normalized spacial score (nSPS) is 15.4. The van der Waals surface area contributed by atoms with Gasteiger partial charge in [0.05, 0.1) is 16.9 Å². The largest absolute Gasteiger partial charge is 0.322 e. The Labute approximate surface area is 160 Å². The number of aromatic nitrogens is 2. The van der Waals surface area contributed by atoms with Gasteiger partial charge in [-0.3, -0.25) is 9.58 Å². The van der Waals surface area contributed by atoms with Gasteiger partial charge in [-0.15, -0.1) is 0 Å². The zero-order valence-corrected chi connectivity index (χ0v) is 16.6. The van der Waals surface area contributed by atoms with E-state index in [4.69, 9.17) is 11.6 Å². The van der Waals surface area contributed by atoms with E-state index in [0.29, 0.717) is 23.8 Å². The summed E-state index contributed by atoms with van der Waals surface area (Å²) in [5, 5.41) is 7.69. The summed E-state index contributed by atoms with van der Waals surface area (Å²) in [5.41, 5.74) is 3.05. The fraction of sp³-hybridized carbons (Fsp3) is 0.412. The second-order valence-corrected chi connectivity index (χ2v) is 7.52. The van der Waals surface area contributed by atoms with Crippen LogP contribution in [0.5, 0.6) is 0 Å². The molecule has 25 heavy (non-hydrogen) atoms. The molecule has 2 heterocycles. The van der Waals surface area contributed by atoms with Crippen LogP contribution in [0.3, 0.4) is 0 Å². The number of carbonyl (C=O) groups is 1. The van der Waals surface area contributed by atoms with E-state index < -0.39 is 0 Å². The molecule has 1 aliphatic heterocycles. The van der Waals surface area contributed by atoms with Crippen LogP contribution in [0, 0.1) is 6.92 Å². The third-order valence-corrected chi connectivity index (χ3v) is 5.37. The molecule has 2 amide bonds. The van der Waals surface area contributed by atoms with E-state index >= 15 is 0 Å². The smallest absolute Gasteiger partial charge is 0.321 e. The summed E-state index contributed by atoms with van der Waals surface area (Å²) < 4.78 is 2.77. The van der Waals surface area contributed by atoms with Crippen molar-refractivity contribution in [3.63, 3.8) is 0 Å². The van der Waals surface area contributed by atoms with Gasteiger partial charge < -0.3 is 10.2 Å². The molecule has 1 fully saturated rings. The number of anilines is 1. The van der Waals surface area contributed by atoms with Gasteiger partial charge in [0.15, 0.2) is 0 Å². The fourth-order valence-corrected chi connectivity index (χ4v) is 3.56. The molecule has 134 valence electrons. The molecule has 0 unspecified atom stereocenters. The fourth-order valence-electron chi connectivity index (χ4n) is 2.83. The van der Waals surface area contributed by atoms with E-state index in [2.05, 4.69) is 38.2 Å². The van der Waals surface area contributed by atoms with E-state index in [1.807, 2.05) is 28.9 Å². The Kier molecular flexibility index (Phi) is 5.66. The Hall–Kier alpha value is -1.57. The number of hydrogen-bond acceptors (Lipinski definition) is 3. The molecule has 3 rings (SSSR count).